The Balaban J connectivity index is 1.69. The van der Waals surface area contributed by atoms with Crippen LogP contribution in [0.15, 0.2) is 59.1 Å². The van der Waals surface area contributed by atoms with Crippen molar-refractivity contribution < 1.29 is 9.18 Å². The number of benzene rings is 2. The van der Waals surface area contributed by atoms with Gasteiger partial charge < -0.3 is 4.90 Å². The first-order chi connectivity index (χ1) is 13.1. The second-order valence-corrected chi connectivity index (χ2v) is 7.64. The molecule has 0 aromatic heterocycles. The van der Waals surface area contributed by atoms with Crippen molar-refractivity contribution in [2.75, 3.05) is 17.4 Å². The van der Waals surface area contributed by atoms with Crippen LogP contribution in [0.1, 0.15) is 23.5 Å². The molecule has 2 aliphatic rings. The van der Waals surface area contributed by atoms with E-state index >= 15 is 0 Å². The zero-order valence-corrected chi connectivity index (χ0v) is 15.7. The highest BCUT2D eigenvalue weighted by Crippen LogP contribution is 2.43. The van der Waals surface area contributed by atoms with Gasteiger partial charge in [-0.25, -0.2) is 4.39 Å². The van der Waals surface area contributed by atoms with Gasteiger partial charge in [-0.2, -0.15) is 5.26 Å². The number of carbonyl (C=O) groups is 1. The zero-order chi connectivity index (χ0) is 19.0. The summed E-state index contributed by atoms with van der Waals surface area (Å²) in [4.78, 5) is 16.7. The number of hydrogen-bond acceptors (Lipinski definition) is 4. The van der Waals surface area contributed by atoms with Crippen molar-refractivity contribution >= 4 is 23.4 Å². The molecule has 1 fully saturated rings. The van der Waals surface area contributed by atoms with Gasteiger partial charge in [-0.05, 0) is 36.2 Å². The fourth-order valence-corrected chi connectivity index (χ4v) is 4.80. The summed E-state index contributed by atoms with van der Waals surface area (Å²) >= 11 is 1.49. The van der Waals surface area contributed by atoms with Crippen LogP contribution in [0.4, 0.5) is 10.1 Å². The van der Waals surface area contributed by atoms with Crippen molar-refractivity contribution in [3.8, 4) is 6.07 Å². The largest absolute Gasteiger partial charge is 0.343 e. The lowest BCUT2D eigenvalue weighted by Crippen LogP contribution is -2.47. The van der Waals surface area contributed by atoms with Crippen LogP contribution in [0.5, 0.6) is 0 Å². The maximum atomic E-state index is 13.7. The topological polar surface area (TPSA) is 47.3 Å². The number of thioether (sulfide) groups is 1. The van der Waals surface area contributed by atoms with Gasteiger partial charge in [-0.1, -0.05) is 42.1 Å². The highest BCUT2D eigenvalue weighted by molar-refractivity contribution is 8.03. The summed E-state index contributed by atoms with van der Waals surface area (Å²) in [5.41, 5.74) is 3.46. The number of para-hydroxylation sites is 1. The molecule has 1 amide bonds. The molecule has 4 nitrogen and oxygen atoms in total. The first-order valence-electron chi connectivity index (χ1n) is 8.72. The van der Waals surface area contributed by atoms with E-state index in [1.54, 1.807) is 17.0 Å². The van der Waals surface area contributed by atoms with Gasteiger partial charge in [-0.15, -0.1) is 0 Å². The molecule has 0 N–H and O–H groups in total. The lowest BCUT2D eigenvalue weighted by atomic mass is 9.86. The minimum Gasteiger partial charge on any atom is -0.343 e. The molecule has 0 saturated carbocycles. The molecule has 0 spiro atoms. The van der Waals surface area contributed by atoms with Gasteiger partial charge in [0.05, 0.1) is 29.2 Å². The van der Waals surface area contributed by atoms with Crippen LogP contribution in [-0.2, 0) is 4.79 Å². The highest BCUT2D eigenvalue weighted by Gasteiger charge is 2.38. The summed E-state index contributed by atoms with van der Waals surface area (Å²) in [6.45, 7) is 2.47. The summed E-state index contributed by atoms with van der Waals surface area (Å²) in [6.07, 6.45) is 0.179. The van der Waals surface area contributed by atoms with Crippen LogP contribution in [0.3, 0.4) is 0 Å². The van der Waals surface area contributed by atoms with Crippen LogP contribution in [0.25, 0.3) is 0 Å². The molecule has 6 heteroatoms. The summed E-state index contributed by atoms with van der Waals surface area (Å²) < 4.78 is 13.7. The van der Waals surface area contributed by atoms with Crippen molar-refractivity contribution in [3.05, 3.63) is 76.1 Å². The fourth-order valence-electron chi connectivity index (χ4n) is 3.64. The molecule has 4 rings (SSSR count). The Morgan fingerprint density at radius 2 is 2.04 bits per heavy atom. The van der Waals surface area contributed by atoms with E-state index in [4.69, 9.17) is 0 Å². The number of fused-ring (bicyclic) bond motifs is 1. The van der Waals surface area contributed by atoms with E-state index in [2.05, 4.69) is 11.0 Å². The minimum atomic E-state index is -0.387. The Hall–Kier alpha value is -2.78. The standard InChI is InChI=1S/C21H18FN3OS/c1-14-5-2-3-8-19(14)24-12-25-20(26)10-17(15-6-4-7-16(22)9-15)18(11-23)21(25)27-13-24/h2-9,17H,10,12-13H2,1H3. The third-order valence-electron chi connectivity index (χ3n) is 5.00. The normalized spacial score (nSPS) is 19.7. The fraction of sp³-hybridized carbons (Fsp3) is 0.238. The summed E-state index contributed by atoms with van der Waals surface area (Å²) in [5, 5.41) is 10.5. The molecule has 2 aromatic rings. The van der Waals surface area contributed by atoms with E-state index in [0.29, 0.717) is 28.7 Å². The zero-order valence-electron chi connectivity index (χ0n) is 14.9. The third-order valence-corrected chi connectivity index (χ3v) is 6.16. The summed E-state index contributed by atoms with van der Waals surface area (Å²) in [5.74, 6) is -0.122. The van der Waals surface area contributed by atoms with E-state index < -0.39 is 0 Å². The van der Waals surface area contributed by atoms with Gasteiger partial charge in [0.15, 0.2) is 0 Å². The number of hydrogen-bond donors (Lipinski definition) is 0. The van der Waals surface area contributed by atoms with E-state index in [-0.39, 0.29) is 24.1 Å². The van der Waals surface area contributed by atoms with E-state index in [0.717, 1.165) is 11.3 Å². The van der Waals surface area contributed by atoms with Gasteiger partial charge in [0.25, 0.3) is 0 Å². The molecular weight excluding hydrogens is 361 g/mol. The Bertz CT molecular complexity index is 981. The highest BCUT2D eigenvalue weighted by atomic mass is 32.2. The number of nitriles is 1. The van der Waals surface area contributed by atoms with Gasteiger partial charge >= 0.3 is 0 Å². The number of anilines is 1. The monoisotopic (exact) mass is 379 g/mol. The minimum absolute atomic E-state index is 0.0379. The van der Waals surface area contributed by atoms with Crippen molar-refractivity contribution in [2.24, 2.45) is 0 Å². The van der Waals surface area contributed by atoms with Crippen molar-refractivity contribution in [1.82, 2.24) is 4.90 Å². The number of amides is 1. The summed E-state index contributed by atoms with van der Waals surface area (Å²) in [6, 6.07) is 16.5. The number of nitrogens with zero attached hydrogens (tertiary/aromatic N) is 3. The van der Waals surface area contributed by atoms with Crippen LogP contribution >= 0.6 is 11.8 Å². The molecule has 1 atom stereocenters. The Kier molecular flexibility index (Phi) is 4.63. The third kappa shape index (κ3) is 3.19. The number of allylic oxidation sites excluding steroid dienone is 1. The molecule has 2 aromatic carbocycles. The predicted molar refractivity (Wildman–Crippen MR) is 104 cm³/mol. The molecule has 0 aliphatic carbocycles. The molecule has 0 radical (unpaired) electrons. The van der Waals surface area contributed by atoms with Crippen LogP contribution < -0.4 is 4.90 Å². The molecule has 1 saturated heterocycles. The molecule has 0 bridgehead atoms. The Morgan fingerprint density at radius 3 is 2.78 bits per heavy atom. The maximum absolute atomic E-state index is 13.7. The quantitative estimate of drug-likeness (QED) is 0.778. The molecular formula is C21H18FN3OS. The first kappa shape index (κ1) is 17.6. The Labute approximate surface area is 161 Å². The van der Waals surface area contributed by atoms with Gasteiger partial charge in [0.2, 0.25) is 5.91 Å². The average molecular weight is 379 g/mol. The second kappa shape index (κ2) is 7.09. The summed E-state index contributed by atoms with van der Waals surface area (Å²) in [7, 11) is 0. The molecule has 2 aliphatic heterocycles. The maximum Gasteiger partial charge on any atom is 0.229 e. The number of aryl methyl sites for hydroxylation is 1. The second-order valence-electron chi connectivity index (χ2n) is 6.71. The van der Waals surface area contributed by atoms with Crippen molar-refractivity contribution in [2.45, 2.75) is 19.3 Å². The van der Waals surface area contributed by atoms with E-state index in [9.17, 15) is 14.4 Å². The number of rotatable bonds is 2. The SMILES string of the molecule is Cc1ccccc1N1CSC2=C(C#N)C(c3cccc(F)c3)CC(=O)N2C1. The first-order valence-corrected chi connectivity index (χ1v) is 9.70. The molecule has 27 heavy (non-hydrogen) atoms. The Morgan fingerprint density at radius 1 is 1.22 bits per heavy atom. The molecule has 2 heterocycles. The smallest absolute Gasteiger partial charge is 0.229 e. The molecule has 136 valence electrons. The van der Waals surface area contributed by atoms with Gasteiger partial charge in [-0.3, -0.25) is 9.69 Å². The van der Waals surface area contributed by atoms with Crippen molar-refractivity contribution in [1.29, 1.82) is 5.26 Å². The van der Waals surface area contributed by atoms with Gasteiger partial charge in [0, 0.05) is 18.0 Å². The number of halogens is 1. The van der Waals surface area contributed by atoms with Crippen LogP contribution in [0.2, 0.25) is 0 Å². The average Bonchev–Trinajstić information content (AvgIpc) is 2.68. The van der Waals surface area contributed by atoms with E-state index in [1.807, 2.05) is 31.2 Å². The van der Waals surface area contributed by atoms with Crippen LogP contribution in [-0.4, -0.2) is 23.4 Å². The lowest BCUT2D eigenvalue weighted by Gasteiger charge is -2.42. The lowest BCUT2D eigenvalue weighted by molar-refractivity contribution is -0.129. The van der Waals surface area contributed by atoms with E-state index in [1.165, 1.54) is 23.9 Å². The van der Waals surface area contributed by atoms with Crippen LogP contribution in [0, 0.1) is 24.1 Å². The van der Waals surface area contributed by atoms with Crippen molar-refractivity contribution in [3.63, 3.8) is 0 Å². The predicted octanol–water partition coefficient (Wildman–Crippen LogP) is 4.35. The molecule has 1 unspecified atom stereocenters. The number of carbonyl (C=O) groups excluding carboxylic acids is 1. The van der Waals surface area contributed by atoms with Gasteiger partial charge in [0.1, 0.15) is 5.82 Å².